The molecule has 0 amide bonds. The van der Waals surface area contributed by atoms with E-state index in [9.17, 15) is 0 Å². The molecule has 1 aromatic rings. The molecule has 2 aliphatic rings. The molecule has 1 nitrogen and oxygen atoms in total. The SMILES string of the molecule is C=CC1CCC(C=CC2CCC(c3ccc(CCC)cc3)CC2)OC1. The predicted octanol–water partition coefficient (Wildman–Crippen LogP) is 6.45. The molecule has 0 N–H and O–H groups in total. The van der Waals surface area contributed by atoms with E-state index in [2.05, 4.69) is 49.9 Å². The van der Waals surface area contributed by atoms with Gasteiger partial charge in [-0.3, -0.25) is 0 Å². The van der Waals surface area contributed by atoms with E-state index >= 15 is 0 Å². The molecular weight excluding hydrogens is 304 g/mol. The molecule has 0 aromatic heterocycles. The second-order valence-corrected chi connectivity index (χ2v) is 7.93. The lowest BCUT2D eigenvalue weighted by atomic mass is 9.78. The highest BCUT2D eigenvalue weighted by Crippen LogP contribution is 2.36. The minimum absolute atomic E-state index is 0.333. The topological polar surface area (TPSA) is 9.23 Å². The van der Waals surface area contributed by atoms with E-state index in [4.69, 9.17) is 4.74 Å². The van der Waals surface area contributed by atoms with Crippen LogP contribution in [0.4, 0.5) is 0 Å². The average Bonchev–Trinajstić information content (AvgIpc) is 2.68. The fourth-order valence-electron chi connectivity index (χ4n) is 4.30. The van der Waals surface area contributed by atoms with Crippen LogP contribution in [0, 0.1) is 11.8 Å². The average molecular weight is 339 g/mol. The van der Waals surface area contributed by atoms with Crippen LogP contribution in [0.5, 0.6) is 0 Å². The van der Waals surface area contributed by atoms with Crippen LogP contribution in [0.15, 0.2) is 49.1 Å². The van der Waals surface area contributed by atoms with Crippen LogP contribution in [0.1, 0.15) is 68.9 Å². The molecule has 2 unspecified atom stereocenters. The smallest absolute Gasteiger partial charge is 0.0756 e. The van der Waals surface area contributed by atoms with Crippen molar-refractivity contribution in [3.8, 4) is 0 Å². The Morgan fingerprint density at radius 1 is 0.960 bits per heavy atom. The Kier molecular flexibility index (Phi) is 6.93. The minimum atomic E-state index is 0.333. The van der Waals surface area contributed by atoms with Gasteiger partial charge in [-0.15, -0.1) is 6.58 Å². The van der Waals surface area contributed by atoms with Crippen molar-refractivity contribution in [3.05, 3.63) is 60.2 Å². The summed E-state index contributed by atoms with van der Waals surface area (Å²) in [5, 5.41) is 0. The van der Waals surface area contributed by atoms with Gasteiger partial charge in [0, 0.05) is 5.92 Å². The van der Waals surface area contributed by atoms with Gasteiger partial charge in [0.1, 0.15) is 0 Å². The highest BCUT2D eigenvalue weighted by molar-refractivity contribution is 5.26. The zero-order valence-corrected chi connectivity index (χ0v) is 15.8. The molecule has 0 radical (unpaired) electrons. The summed E-state index contributed by atoms with van der Waals surface area (Å²) in [6, 6.07) is 9.42. The summed E-state index contributed by atoms with van der Waals surface area (Å²) in [6.45, 7) is 6.97. The largest absolute Gasteiger partial charge is 0.374 e. The zero-order chi connectivity index (χ0) is 17.5. The first-order chi connectivity index (χ1) is 12.3. The number of hydrogen-bond donors (Lipinski definition) is 0. The van der Waals surface area contributed by atoms with Gasteiger partial charge in [0.15, 0.2) is 0 Å². The van der Waals surface area contributed by atoms with E-state index in [1.54, 1.807) is 5.56 Å². The van der Waals surface area contributed by atoms with Gasteiger partial charge < -0.3 is 4.74 Å². The molecule has 2 fully saturated rings. The summed E-state index contributed by atoms with van der Waals surface area (Å²) < 4.78 is 5.94. The standard InChI is InChI=1S/C24H34O/c1-3-5-20-6-12-22(13-7-20)23-14-8-21(9-15-23)11-17-24-16-10-19(4-2)18-25-24/h4,6-7,11-13,17,19,21,23-24H,2-3,5,8-10,14-16,18H2,1H3. The fraction of sp³-hybridized carbons (Fsp3) is 0.583. The second kappa shape index (κ2) is 9.38. The molecule has 0 bridgehead atoms. The Morgan fingerprint density at radius 3 is 2.28 bits per heavy atom. The minimum Gasteiger partial charge on any atom is -0.374 e. The van der Waals surface area contributed by atoms with Crippen molar-refractivity contribution in [1.29, 1.82) is 0 Å². The number of benzene rings is 1. The summed E-state index contributed by atoms with van der Waals surface area (Å²) in [4.78, 5) is 0. The highest BCUT2D eigenvalue weighted by atomic mass is 16.5. The summed E-state index contributed by atoms with van der Waals surface area (Å²) in [6.07, 6.45) is 17.2. The maximum Gasteiger partial charge on any atom is 0.0756 e. The van der Waals surface area contributed by atoms with E-state index in [1.807, 2.05) is 6.08 Å². The van der Waals surface area contributed by atoms with Gasteiger partial charge in [-0.2, -0.15) is 0 Å². The summed E-state index contributed by atoms with van der Waals surface area (Å²) in [7, 11) is 0. The van der Waals surface area contributed by atoms with Gasteiger partial charge >= 0.3 is 0 Å². The van der Waals surface area contributed by atoms with Crippen LogP contribution in [0.25, 0.3) is 0 Å². The molecule has 136 valence electrons. The molecule has 1 saturated heterocycles. The molecule has 1 aliphatic heterocycles. The first-order valence-corrected chi connectivity index (χ1v) is 10.3. The third-order valence-corrected chi connectivity index (χ3v) is 6.04. The van der Waals surface area contributed by atoms with Crippen LogP contribution in [0.2, 0.25) is 0 Å². The van der Waals surface area contributed by atoms with Gasteiger partial charge in [0.2, 0.25) is 0 Å². The van der Waals surface area contributed by atoms with Crippen molar-refractivity contribution in [1.82, 2.24) is 0 Å². The van der Waals surface area contributed by atoms with Crippen molar-refractivity contribution in [2.45, 2.75) is 70.3 Å². The maximum absolute atomic E-state index is 5.94. The van der Waals surface area contributed by atoms with E-state index in [1.165, 1.54) is 50.5 Å². The number of rotatable bonds is 6. The Bertz CT molecular complexity index is 540. The molecule has 1 saturated carbocycles. The fourth-order valence-corrected chi connectivity index (χ4v) is 4.30. The molecular formula is C24H34O. The molecule has 25 heavy (non-hydrogen) atoms. The van der Waals surface area contributed by atoms with Gasteiger partial charge in [-0.1, -0.05) is 55.8 Å². The third kappa shape index (κ3) is 5.31. The van der Waals surface area contributed by atoms with Crippen molar-refractivity contribution >= 4 is 0 Å². The normalized spacial score (nSPS) is 30.4. The van der Waals surface area contributed by atoms with E-state index < -0.39 is 0 Å². The Labute approximate surface area is 154 Å². The zero-order valence-electron chi connectivity index (χ0n) is 15.8. The summed E-state index contributed by atoms with van der Waals surface area (Å²) >= 11 is 0. The number of allylic oxidation sites excluding steroid dienone is 1. The van der Waals surface area contributed by atoms with Crippen LogP contribution < -0.4 is 0 Å². The monoisotopic (exact) mass is 338 g/mol. The van der Waals surface area contributed by atoms with Crippen molar-refractivity contribution in [2.24, 2.45) is 11.8 Å². The highest BCUT2D eigenvalue weighted by Gasteiger charge is 2.22. The molecule has 1 aliphatic carbocycles. The summed E-state index contributed by atoms with van der Waals surface area (Å²) in [5.41, 5.74) is 3.03. The number of aryl methyl sites for hydroxylation is 1. The maximum atomic E-state index is 5.94. The Morgan fingerprint density at radius 2 is 1.68 bits per heavy atom. The lowest BCUT2D eigenvalue weighted by Crippen LogP contribution is -2.23. The van der Waals surface area contributed by atoms with Crippen molar-refractivity contribution < 1.29 is 4.74 Å². The first-order valence-electron chi connectivity index (χ1n) is 10.3. The molecule has 2 atom stereocenters. The molecule has 0 spiro atoms. The second-order valence-electron chi connectivity index (χ2n) is 7.93. The first kappa shape index (κ1) is 18.5. The van der Waals surface area contributed by atoms with Crippen LogP contribution in [-0.4, -0.2) is 12.7 Å². The number of ether oxygens (including phenoxy) is 1. The quantitative estimate of drug-likeness (QED) is 0.542. The molecule has 1 heteroatoms. The van der Waals surface area contributed by atoms with Crippen LogP contribution in [-0.2, 0) is 11.2 Å². The van der Waals surface area contributed by atoms with Crippen LogP contribution >= 0.6 is 0 Å². The van der Waals surface area contributed by atoms with E-state index in [-0.39, 0.29) is 0 Å². The summed E-state index contributed by atoms with van der Waals surface area (Å²) in [5.74, 6) is 2.07. The predicted molar refractivity (Wildman–Crippen MR) is 107 cm³/mol. The lowest BCUT2D eigenvalue weighted by Gasteiger charge is -2.28. The Hall–Kier alpha value is -1.34. The van der Waals surface area contributed by atoms with Crippen molar-refractivity contribution in [2.75, 3.05) is 6.61 Å². The third-order valence-electron chi connectivity index (χ3n) is 6.04. The molecule has 1 aromatic carbocycles. The van der Waals surface area contributed by atoms with Gasteiger partial charge in [0.25, 0.3) is 0 Å². The number of hydrogen-bond acceptors (Lipinski definition) is 1. The molecule has 3 rings (SSSR count). The van der Waals surface area contributed by atoms with Gasteiger partial charge in [-0.25, -0.2) is 0 Å². The lowest BCUT2D eigenvalue weighted by molar-refractivity contribution is 0.0242. The van der Waals surface area contributed by atoms with Gasteiger partial charge in [-0.05, 0) is 67.9 Å². The van der Waals surface area contributed by atoms with Gasteiger partial charge in [0.05, 0.1) is 12.7 Å². The Balaban J connectivity index is 1.44. The van der Waals surface area contributed by atoms with Crippen molar-refractivity contribution in [3.63, 3.8) is 0 Å². The van der Waals surface area contributed by atoms with E-state index in [0.717, 1.165) is 24.9 Å². The molecule has 1 heterocycles. The van der Waals surface area contributed by atoms with E-state index in [0.29, 0.717) is 12.0 Å². The van der Waals surface area contributed by atoms with Crippen LogP contribution in [0.3, 0.4) is 0 Å².